The van der Waals surface area contributed by atoms with Gasteiger partial charge in [0.15, 0.2) is 0 Å². The summed E-state index contributed by atoms with van der Waals surface area (Å²) in [5, 5.41) is 0. The van der Waals surface area contributed by atoms with Crippen molar-refractivity contribution in [2.75, 3.05) is 18.1 Å². The van der Waals surface area contributed by atoms with Crippen molar-refractivity contribution in [3.05, 3.63) is 0 Å². The molecule has 1 fully saturated rings. The second-order valence-electron chi connectivity index (χ2n) is 2.36. The van der Waals surface area contributed by atoms with Gasteiger partial charge in [-0.05, 0) is 6.92 Å². The van der Waals surface area contributed by atoms with E-state index < -0.39 is 9.73 Å². The van der Waals surface area contributed by atoms with Crippen LogP contribution in [0, 0.1) is 4.78 Å². The summed E-state index contributed by atoms with van der Waals surface area (Å²) in [5.74, 6) is 0.824. The van der Waals surface area contributed by atoms with Crippen molar-refractivity contribution in [2.45, 2.75) is 13.0 Å². The SMILES string of the molecule is CC1CS(=N)(=O)CCO1. The van der Waals surface area contributed by atoms with Crippen molar-refractivity contribution >= 4 is 9.73 Å². The first-order valence-electron chi connectivity index (χ1n) is 2.96. The van der Waals surface area contributed by atoms with E-state index in [0.29, 0.717) is 18.1 Å². The smallest absolute Gasteiger partial charge is 0.0671 e. The first kappa shape index (κ1) is 7.02. The maximum absolute atomic E-state index is 11.0. The van der Waals surface area contributed by atoms with E-state index in [1.165, 1.54) is 0 Å². The van der Waals surface area contributed by atoms with Gasteiger partial charge in [0.2, 0.25) is 0 Å². The quantitative estimate of drug-likeness (QED) is 0.543. The van der Waals surface area contributed by atoms with E-state index in [-0.39, 0.29) is 6.10 Å². The highest BCUT2D eigenvalue weighted by Gasteiger charge is 2.18. The largest absolute Gasteiger partial charge is 0.377 e. The van der Waals surface area contributed by atoms with Gasteiger partial charge in [0.25, 0.3) is 0 Å². The Morgan fingerprint density at radius 2 is 2.44 bits per heavy atom. The van der Waals surface area contributed by atoms with E-state index in [1.807, 2.05) is 6.92 Å². The van der Waals surface area contributed by atoms with E-state index in [1.54, 1.807) is 0 Å². The van der Waals surface area contributed by atoms with Crippen LogP contribution < -0.4 is 0 Å². The van der Waals surface area contributed by atoms with E-state index in [0.717, 1.165) is 0 Å². The average Bonchev–Trinajstić information content (AvgIpc) is 1.60. The third-order valence-electron chi connectivity index (χ3n) is 1.32. The molecule has 0 saturated carbocycles. The number of hydrogen-bond donors (Lipinski definition) is 1. The number of hydrogen-bond acceptors (Lipinski definition) is 3. The van der Waals surface area contributed by atoms with Crippen molar-refractivity contribution in [3.8, 4) is 0 Å². The molecule has 0 bridgehead atoms. The van der Waals surface area contributed by atoms with E-state index in [9.17, 15) is 4.21 Å². The molecule has 0 amide bonds. The van der Waals surface area contributed by atoms with Crippen LogP contribution in [0.1, 0.15) is 6.92 Å². The van der Waals surface area contributed by atoms with Crippen LogP contribution in [0.3, 0.4) is 0 Å². The van der Waals surface area contributed by atoms with Crippen LogP contribution in [-0.4, -0.2) is 28.4 Å². The highest BCUT2D eigenvalue weighted by Crippen LogP contribution is 2.06. The molecule has 3 nitrogen and oxygen atoms in total. The van der Waals surface area contributed by atoms with Gasteiger partial charge in [-0.2, -0.15) is 0 Å². The summed E-state index contributed by atoms with van der Waals surface area (Å²) in [5.41, 5.74) is 0. The fourth-order valence-corrected chi connectivity index (χ4v) is 2.28. The molecule has 0 aliphatic carbocycles. The van der Waals surface area contributed by atoms with Crippen molar-refractivity contribution in [3.63, 3.8) is 0 Å². The molecule has 9 heavy (non-hydrogen) atoms. The van der Waals surface area contributed by atoms with Gasteiger partial charge in [-0.25, -0.2) is 4.21 Å². The highest BCUT2D eigenvalue weighted by atomic mass is 32.2. The number of ether oxygens (including phenoxy) is 1. The van der Waals surface area contributed by atoms with Crippen LogP contribution in [-0.2, 0) is 14.5 Å². The van der Waals surface area contributed by atoms with Crippen LogP contribution in [0.2, 0.25) is 0 Å². The lowest BCUT2D eigenvalue weighted by Crippen LogP contribution is -2.31. The Hall–Kier alpha value is -0.0900. The van der Waals surface area contributed by atoms with Crippen molar-refractivity contribution in [2.24, 2.45) is 0 Å². The molecule has 0 aromatic carbocycles. The maximum atomic E-state index is 11.0. The molecule has 1 saturated heterocycles. The van der Waals surface area contributed by atoms with Crippen LogP contribution in [0.25, 0.3) is 0 Å². The molecule has 4 heteroatoms. The molecular formula is C5H11NO2S. The van der Waals surface area contributed by atoms with E-state index >= 15 is 0 Å². The minimum absolute atomic E-state index is 0.0174. The summed E-state index contributed by atoms with van der Waals surface area (Å²) in [4.78, 5) is 0. The average molecular weight is 149 g/mol. The third-order valence-corrected chi connectivity index (χ3v) is 3.15. The van der Waals surface area contributed by atoms with Gasteiger partial charge in [-0.15, -0.1) is 0 Å². The molecule has 54 valence electrons. The Morgan fingerprint density at radius 1 is 1.78 bits per heavy atom. The number of rotatable bonds is 0. The first-order valence-corrected chi connectivity index (χ1v) is 4.85. The standard InChI is InChI=1S/C5H11NO2S/c1-5-4-9(6,7)3-2-8-5/h5-6H,2-4H2,1H3. The topological polar surface area (TPSA) is 50.2 Å². The molecule has 2 atom stereocenters. The second kappa shape index (κ2) is 2.27. The predicted octanol–water partition coefficient (Wildman–Crippen LogP) is 0.452. The zero-order chi connectivity index (χ0) is 6.91. The molecular weight excluding hydrogens is 138 g/mol. The minimum Gasteiger partial charge on any atom is -0.377 e. The molecule has 2 unspecified atom stereocenters. The van der Waals surface area contributed by atoms with Gasteiger partial charge in [0.1, 0.15) is 0 Å². The lowest BCUT2D eigenvalue weighted by Gasteiger charge is -2.20. The third kappa shape index (κ3) is 1.95. The Balaban J connectivity index is 2.62. The van der Waals surface area contributed by atoms with Crippen LogP contribution >= 0.6 is 0 Å². The normalized spacial score (nSPS) is 44.8. The highest BCUT2D eigenvalue weighted by molar-refractivity contribution is 7.92. The van der Waals surface area contributed by atoms with Crippen LogP contribution in [0.5, 0.6) is 0 Å². The Labute approximate surface area is 55.4 Å². The van der Waals surface area contributed by atoms with Gasteiger partial charge in [-0.1, -0.05) is 0 Å². The van der Waals surface area contributed by atoms with Gasteiger partial charge in [0.05, 0.1) is 24.2 Å². The van der Waals surface area contributed by atoms with Gasteiger partial charge >= 0.3 is 0 Å². The molecule has 1 aliphatic heterocycles. The maximum Gasteiger partial charge on any atom is 0.0671 e. The lowest BCUT2D eigenvalue weighted by molar-refractivity contribution is 0.0864. The minimum atomic E-state index is -2.26. The van der Waals surface area contributed by atoms with E-state index in [4.69, 9.17) is 9.52 Å². The van der Waals surface area contributed by atoms with Crippen molar-refractivity contribution in [1.82, 2.24) is 0 Å². The summed E-state index contributed by atoms with van der Waals surface area (Å²) >= 11 is 0. The van der Waals surface area contributed by atoms with Crippen LogP contribution in [0.4, 0.5) is 0 Å². The van der Waals surface area contributed by atoms with Crippen LogP contribution in [0.15, 0.2) is 0 Å². The molecule has 0 radical (unpaired) electrons. The van der Waals surface area contributed by atoms with Crippen molar-refractivity contribution < 1.29 is 8.95 Å². The Morgan fingerprint density at radius 3 is 2.78 bits per heavy atom. The summed E-state index contributed by atoms with van der Waals surface area (Å²) in [7, 11) is -2.26. The molecule has 0 spiro atoms. The fourth-order valence-electron chi connectivity index (χ4n) is 0.894. The first-order chi connectivity index (χ1) is 4.10. The molecule has 0 aromatic heterocycles. The number of nitrogens with one attached hydrogen (secondary N) is 1. The van der Waals surface area contributed by atoms with Crippen molar-refractivity contribution in [1.29, 1.82) is 4.78 Å². The van der Waals surface area contributed by atoms with Gasteiger partial charge in [0, 0.05) is 9.73 Å². The summed E-state index contributed by atoms with van der Waals surface area (Å²) in [6, 6.07) is 0. The zero-order valence-electron chi connectivity index (χ0n) is 5.42. The van der Waals surface area contributed by atoms with E-state index in [2.05, 4.69) is 0 Å². The Bertz CT molecular complexity index is 185. The predicted molar refractivity (Wildman–Crippen MR) is 36.0 cm³/mol. The zero-order valence-corrected chi connectivity index (χ0v) is 6.24. The molecule has 0 aromatic rings. The second-order valence-corrected chi connectivity index (χ2v) is 4.73. The summed E-state index contributed by atoms with van der Waals surface area (Å²) < 4.78 is 23.3. The molecule has 1 rings (SSSR count). The molecule has 1 N–H and O–H groups in total. The fraction of sp³-hybridized carbons (Fsp3) is 1.00. The van der Waals surface area contributed by atoms with Gasteiger partial charge < -0.3 is 4.74 Å². The lowest BCUT2D eigenvalue weighted by atomic mass is 10.5. The Kier molecular flexibility index (Phi) is 1.77. The summed E-state index contributed by atoms with van der Waals surface area (Å²) in [6.45, 7) is 2.34. The molecule has 1 heterocycles. The molecule has 1 aliphatic rings. The van der Waals surface area contributed by atoms with Gasteiger partial charge in [-0.3, -0.25) is 4.78 Å². The monoisotopic (exact) mass is 149 g/mol. The summed E-state index contributed by atoms with van der Waals surface area (Å²) in [6.07, 6.45) is 0.0174.